The Kier molecular flexibility index (Phi) is 3.74. The van der Waals surface area contributed by atoms with E-state index in [9.17, 15) is 4.79 Å². The highest BCUT2D eigenvalue weighted by Gasteiger charge is 2.10. The SMILES string of the molecule is Cc1ccccc1NC(=O)Cn1nnc(-c2cccs2)n1. The molecule has 0 aliphatic rings. The molecule has 7 heteroatoms. The normalized spacial score (nSPS) is 10.5. The molecule has 0 spiro atoms. The molecular formula is C14H13N5OS. The second-order valence-electron chi connectivity index (χ2n) is 4.48. The molecule has 0 unspecified atom stereocenters. The average Bonchev–Trinajstić information content (AvgIpc) is 3.12. The minimum atomic E-state index is -0.181. The number of nitrogens with zero attached hydrogens (tertiary/aromatic N) is 4. The van der Waals surface area contributed by atoms with Gasteiger partial charge in [0.2, 0.25) is 11.7 Å². The molecule has 3 rings (SSSR count). The first-order valence-electron chi connectivity index (χ1n) is 6.39. The molecule has 0 bridgehead atoms. The lowest BCUT2D eigenvalue weighted by Crippen LogP contribution is -2.20. The lowest BCUT2D eigenvalue weighted by Gasteiger charge is -2.06. The Morgan fingerprint density at radius 3 is 2.90 bits per heavy atom. The van der Waals surface area contributed by atoms with Crippen LogP contribution in [-0.4, -0.2) is 26.1 Å². The zero-order valence-corrected chi connectivity index (χ0v) is 12.2. The fourth-order valence-corrected chi connectivity index (χ4v) is 2.49. The molecule has 0 radical (unpaired) electrons. The number of hydrogen-bond donors (Lipinski definition) is 1. The van der Waals surface area contributed by atoms with Gasteiger partial charge in [0.1, 0.15) is 6.54 Å². The van der Waals surface area contributed by atoms with Crippen molar-refractivity contribution in [1.29, 1.82) is 0 Å². The molecule has 1 aromatic carbocycles. The molecule has 0 aliphatic heterocycles. The highest BCUT2D eigenvalue weighted by molar-refractivity contribution is 7.13. The number of hydrogen-bond acceptors (Lipinski definition) is 5. The number of para-hydroxylation sites is 1. The van der Waals surface area contributed by atoms with Crippen molar-refractivity contribution < 1.29 is 4.79 Å². The van der Waals surface area contributed by atoms with Gasteiger partial charge in [-0.3, -0.25) is 4.79 Å². The van der Waals surface area contributed by atoms with Gasteiger partial charge in [-0.25, -0.2) is 0 Å². The van der Waals surface area contributed by atoms with Crippen LogP contribution in [0.4, 0.5) is 5.69 Å². The van der Waals surface area contributed by atoms with Gasteiger partial charge in [-0.1, -0.05) is 24.3 Å². The highest BCUT2D eigenvalue weighted by atomic mass is 32.1. The van der Waals surface area contributed by atoms with Crippen LogP contribution in [0.1, 0.15) is 5.56 Å². The van der Waals surface area contributed by atoms with E-state index in [-0.39, 0.29) is 12.5 Å². The lowest BCUT2D eigenvalue weighted by molar-refractivity contribution is -0.117. The Balaban J connectivity index is 1.67. The predicted molar refractivity (Wildman–Crippen MR) is 80.9 cm³/mol. The number of amides is 1. The van der Waals surface area contributed by atoms with E-state index in [4.69, 9.17) is 0 Å². The van der Waals surface area contributed by atoms with Gasteiger partial charge >= 0.3 is 0 Å². The van der Waals surface area contributed by atoms with Gasteiger partial charge in [0, 0.05) is 5.69 Å². The molecule has 1 N–H and O–H groups in total. The second-order valence-corrected chi connectivity index (χ2v) is 5.43. The maximum atomic E-state index is 12.0. The van der Waals surface area contributed by atoms with E-state index in [0.29, 0.717) is 5.82 Å². The van der Waals surface area contributed by atoms with Gasteiger partial charge < -0.3 is 5.32 Å². The van der Waals surface area contributed by atoms with E-state index in [1.54, 1.807) is 0 Å². The van der Waals surface area contributed by atoms with E-state index in [2.05, 4.69) is 20.7 Å². The average molecular weight is 299 g/mol. The number of benzene rings is 1. The number of thiophene rings is 1. The number of carbonyl (C=O) groups excluding carboxylic acids is 1. The van der Waals surface area contributed by atoms with Crippen LogP contribution >= 0.6 is 11.3 Å². The maximum Gasteiger partial charge on any atom is 0.248 e. The Morgan fingerprint density at radius 2 is 2.14 bits per heavy atom. The summed E-state index contributed by atoms with van der Waals surface area (Å²) >= 11 is 1.53. The van der Waals surface area contributed by atoms with E-state index in [1.807, 2.05) is 48.7 Å². The van der Waals surface area contributed by atoms with E-state index < -0.39 is 0 Å². The molecule has 106 valence electrons. The third-order valence-electron chi connectivity index (χ3n) is 2.90. The zero-order valence-electron chi connectivity index (χ0n) is 11.4. The first-order chi connectivity index (χ1) is 10.2. The van der Waals surface area contributed by atoms with Crippen LogP contribution in [0.3, 0.4) is 0 Å². The monoisotopic (exact) mass is 299 g/mol. The molecule has 21 heavy (non-hydrogen) atoms. The van der Waals surface area contributed by atoms with Crippen molar-refractivity contribution in [2.24, 2.45) is 0 Å². The van der Waals surface area contributed by atoms with Crippen LogP contribution in [0, 0.1) is 6.92 Å². The first-order valence-corrected chi connectivity index (χ1v) is 7.27. The highest BCUT2D eigenvalue weighted by Crippen LogP contribution is 2.19. The molecule has 1 amide bonds. The Hall–Kier alpha value is -2.54. The van der Waals surface area contributed by atoms with Crippen LogP contribution in [0.2, 0.25) is 0 Å². The summed E-state index contributed by atoms with van der Waals surface area (Å²) in [5, 5.41) is 16.8. The standard InChI is InChI=1S/C14H13N5OS/c1-10-5-2-3-6-11(10)15-13(20)9-19-17-14(16-18-19)12-7-4-8-21-12/h2-8H,9H2,1H3,(H,15,20). The van der Waals surface area contributed by atoms with Gasteiger partial charge in [-0.05, 0) is 35.2 Å². The lowest BCUT2D eigenvalue weighted by atomic mass is 10.2. The Morgan fingerprint density at radius 1 is 1.29 bits per heavy atom. The third kappa shape index (κ3) is 3.14. The summed E-state index contributed by atoms with van der Waals surface area (Å²) in [5.74, 6) is 0.355. The summed E-state index contributed by atoms with van der Waals surface area (Å²) in [6.07, 6.45) is 0. The number of anilines is 1. The molecule has 0 saturated carbocycles. The maximum absolute atomic E-state index is 12.0. The molecule has 6 nitrogen and oxygen atoms in total. The molecular weight excluding hydrogens is 286 g/mol. The van der Waals surface area contributed by atoms with Crippen molar-refractivity contribution in [2.45, 2.75) is 13.5 Å². The molecule has 0 atom stereocenters. The second kappa shape index (κ2) is 5.84. The minimum absolute atomic E-state index is 0.0344. The molecule has 3 aromatic rings. The smallest absolute Gasteiger partial charge is 0.248 e. The Labute approximate surface area is 125 Å². The van der Waals surface area contributed by atoms with Crippen LogP contribution in [0.5, 0.6) is 0 Å². The van der Waals surface area contributed by atoms with Gasteiger partial charge in [0.25, 0.3) is 0 Å². The molecule has 0 saturated heterocycles. The summed E-state index contributed by atoms with van der Waals surface area (Å²) in [6.45, 7) is 1.98. The number of tetrazole rings is 1. The summed E-state index contributed by atoms with van der Waals surface area (Å²) in [6, 6.07) is 11.4. The zero-order chi connectivity index (χ0) is 14.7. The quantitative estimate of drug-likeness (QED) is 0.802. The third-order valence-corrected chi connectivity index (χ3v) is 3.76. The molecule has 0 aliphatic carbocycles. The van der Waals surface area contributed by atoms with Crippen LogP contribution in [-0.2, 0) is 11.3 Å². The molecule has 2 heterocycles. The van der Waals surface area contributed by atoms with Crippen molar-refractivity contribution >= 4 is 22.9 Å². The summed E-state index contributed by atoms with van der Waals surface area (Å²) < 4.78 is 0. The fourth-order valence-electron chi connectivity index (χ4n) is 1.85. The predicted octanol–water partition coefficient (Wildman–Crippen LogP) is 2.35. The van der Waals surface area contributed by atoms with E-state index in [1.165, 1.54) is 16.1 Å². The topological polar surface area (TPSA) is 72.7 Å². The fraction of sp³-hybridized carbons (Fsp3) is 0.143. The van der Waals surface area contributed by atoms with Gasteiger partial charge in [-0.15, -0.1) is 21.5 Å². The summed E-state index contributed by atoms with van der Waals surface area (Å²) in [7, 11) is 0. The number of aryl methyl sites for hydroxylation is 1. The van der Waals surface area contributed by atoms with Crippen LogP contribution < -0.4 is 5.32 Å². The van der Waals surface area contributed by atoms with Crippen molar-refractivity contribution in [3.8, 4) is 10.7 Å². The Bertz CT molecular complexity index is 750. The molecule has 0 fully saturated rings. The van der Waals surface area contributed by atoms with Gasteiger partial charge in [0.05, 0.1) is 4.88 Å². The number of rotatable bonds is 4. The minimum Gasteiger partial charge on any atom is -0.324 e. The number of nitrogens with one attached hydrogen (secondary N) is 1. The van der Waals surface area contributed by atoms with E-state index in [0.717, 1.165) is 16.1 Å². The van der Waals surface area contributed by atoms with Gasteiger partial charge in [0.15, 0.2) is 0 Å². The van der Waals surface area contributed by atoms with Crippen molar-refractivity contribution in [1.82, 2.24) is 20.2 Å². The van der Waals surface area contributed by atoms with Crippen molar-refractivity contribution in [3.63, 3.8) is 0 Å². The largest absolute Gasteiger partial charge is 0.324 e. The van der Waals surface area contributed by atoms with Crippen LogP contribution in [0.25, 0.3) is 10.7 Å². The van der Waals surface area contributed by atoms with Crippen molar-refractivity contribution in [2.75, 3.05) is 5.32 Å². The molecule has 2 aromatic heterocycles. The first kappa shape index (κ1) is 13.4. The summed E-state index contributed by atoms with van der Waals surface area (Å²) in [5.41, 5.74) is 1.80. The summed E-state index contributed by atoms with van der Waals surface area (Å²) in [4.78, 5) is 14.2. The number of aromatic nitrogens is 4. The van der Waals surface area contributed by atoms with E-state index >= 15 is 0 Å². The van der Waals surface area contributed by atoms with Gasteiger partial charge in [-0.2, -0.15) is 4.80 Å². The van der Waals surface area contributed by atoms with Crippen LogP contribution in [0.15, 0.2) is 41.8 Å². The number of carbonyl (C=O) groups is 1. The van der Waals surface area contributed by atoms with Crippen molar-refractivity contribution in [3.05, 3.63) is 47.3 Å².